The van der Waals surface area contributed by atoms with Crippen molar-refractivity contribution in [3.8, 4) is 0 Å². The van der Waals surface area contributed by atoms with E-state index in [1.807, 2.05) is 70.7 Å². The van der Waals surface area contributed by atoms with Crippen molar-refractivity contribution in [2.75, 3.05) is 39.3 Å². The molecule has 0 aromatic heterocycles. The van der Waals surface area contributed by atoms with Gasteiger partial charge in [0.15, 0.2) is 6.23 Å². The molecule has 2 atom stereocenters. The fourth-order valence-corrected chi connectivity index (χ4v) is 5.13. The fourth-order valence-electron chi connectivity index (χ4n) is 5.13. The first-order valence-corrected chi connectivity index (χ1v) is 14.2. The first-order valence-electron chi connectivity index (χ1n) is 14.2. The molecule has 218 valence electrons. The van der Waals surface area contributed by atoms with Gasteiger partial charge >= 0.3 is 6.03 Å². The third-order valence-electron chi connectivity index (χ3n) is 7.80. The van der Waals surface area contributed by atoms with Crippen LogP contribution in [-0.4, -0.2) is 84.0 Å². The molecular weight excluding hydrogens is 498 g/mol. The van der Waals surface area contributed by atoms with E-state index in [4.69, 9.17) is 10.5 Å². The van der Waals surface area contributed by atoms with Crippen molar-refractivity contribution in [2.45, 2.75) is 79.5 Å². The van der Waals surface area contributed by atoms with Crippen molar-refractivity contribution in [2.24, 2.45) is 11.1 Å². The quantitative estimate of drug-likeness (QED) is 0.307. The Kier molecular flexibility index (Phi) is 12.4. The first-order chi connectivity index (χ1) is 18.6. The number of likely N-dealkylation sites (N-methyl/N-ethyl adjacent to an activating group) is 2. The zero-order valence-corrected chi connectivity index (χ0v) is 24.5. The molecule has 0 aliphatic carbocycles. The summed E-state index contributed by atoms with van der Waals surface area (Å²) in [5.41, 5.74) is 6.57. The van der Waals surface area contributed by atoms with Gasteiger partial charge in [-0.3, -0.25) is 19.3 Å². The Hall–Kier alpha value is -2.98. The Morgan fingerprint density at radius 3 is 2.21 bits per heavy atom. The van der Waals surface area contributed by atoms with Gasteiger partial charge in [0.1, 0.15) is 6.61 Å². The highest BCUT2D eigenvalue weighted by Crippen LogP contribution is 2.46. The van der Waals surface area contributed by atoms with E-state index in [-0.39, 0.29) is 31.0 Å². The molecule has 1 aromatic rings. The van der Waals surface area contributed by atoms with Crippen molar-refractivity contribution >= 4 is 23.8 Å². The van der Waals surface area contributed by atoms with E-state index in [0.29, 0.717) is 39.0 Å². The van der Waals surface area contributed by atoms with Gasteiger partial charge in [-0.25, -0.2) is 9.69 Å². The van der Waals surface area contributed by atoms with E-state index in [0.717, 1.165) is 28.9 Å². The van der Waals surface area contributed by atoms with Gasteiger partial charge in [0, 0.05) is 19.6 Å². The van der Waals surface area contributed by atoms with Crippen LogP contribution in [0.25, 0.3) is 0 Å². The van der Waals surface area contributed by atoms with Crippen LogP contribution in [0.5, 0.6) is 0 Å². The van der Waals surface area contributed by atoms with Crippen LogP contribution in [0.2, 0.25) is 0 Å². The Bertz CT molecular complexity index is 979. The number of carbonyl (C=O) groups is 4. The molecule has 0 radical (unpaired) electrons. The SMILES string of the molecule is CCC[C@@H](NC(=O)N1C(=O)C(CC)(CC)C1OCC(=O)N(CC)CCN(CC)CC(N)=O)c1ccc(C)cc1. The lowest BCUT2D eigenvalue weighted by molar-refractivity contribution is -0.212. The number of β-lactam (4-membered cyclic amide) rings is 1. The lowest BCUT2D eigenvalue weighted by Gasteiger charge is -2.53. The van der Waals surface area contributed by atoms with E-state index in [1.165, 1.54) is 0 Å². The molecule has 0 spiro atoms. The van der Waals surface area contributed by atoms with Crippen LogP contribution in [0.4, 0.5) is 4.79 Å². The number of urea groups is 1. The van der Waals surface area contributed by atoms with Crippen LogP contribution >= 0.6 is 0 Å². The maximum Gasteiger partial charge on any atom is 0.326 e. The van der Waals surface area contributed by atoms with Crippen LogP contribution in [0.1, 0.15) is 77.5 Å². The molecule has 1 aliphatic rings. The minimum atomic E-state index is -0.848. The van der Waals surface area contributed by atoms with Crippen molar-refractivity contribution in [3.63, 3.8) is 0 Å². The number of rotatable bonds is 16. The smallest absolute Gasteiger partial charge is 0.326 e. The van der Waals surface area contributed by atoms with Gasteiger partial charge in [0.05, 0.1) is 18.0 Å². The maximum atomic E-state index is 13.4. The number of ether oxygens (including phenoxy) is 1. The third kappa shape index (κ3) is 7.79. The number of nitrogens with two attached hydrogens (primary N) is 1. The highest BCUT2D eigenvalue weighted by molar-refractivity contribution is 6.03. The van der Waals surface area contributed by atoms with E-state index in [2.05, 4.69) is 5.32 Å². The number of nitrogens with zero attached hydrogens (tertiary/aromatic N) is 3. The first kappa shape index (κ1) is 32.2. The van der Waals surface area contributed by atoms with Crippen LogP contribution < -0.4 is 11.1 Å². The summed E-state index contributed by atoms with van der Waals surface area (Å²) < 4.78 is 6.05. The Labute approximate surface area is 233 Å². The number of primary amides is 1. The van der Waals surface area contributed by atoms with Gasteiger partial charge in [0.2, 0.25) is 17.7 Å². The topological polar surface area (TPSA) is 125 Å². The molecule has 3 N–H and O–H groups in total. The van der Waals surface area contributed by atoms with E-state index in [9.17, 15) is 19.2 Å². The molecule has 10 heteroatoms. The Morgan fingerprint density at radius 1 is 1.05 bits per heavy atom. The summed E-state index contributed by atoms with van der Waals surface area (Å²) in [4.78, 5) is 55.7. The minimum Gasteiger partial charge on any atom is -0.369 e. The summed E-state index contributed by atoms with van der Waals surface area (Å²) in [6.45, 7) is 13.5. The van der Waals surface area contributed by atoms with Crippen LogP contribution in [0.15, 0.2) is 24.3 Å². The molecule has 1 aromatic carbocycles. The summed E-state index contributed by atoms with van der Waals surface area (Å²) in [5, 5.41) is 3.03. The molecular formula is C29H47N5O5. The molecule has 0 saturated carbocycles. The summed E-state index contributed by atoms with van der Waals surface area (Å²) in [7, 11) is 0. The van der Waals surface area contributed by atoms with Crippen LogP contribution in [0.3, 0.4) is 0 Å². The number of carbonyl (C=O) groups excluding carboxylic acids is 4. The summed E-state index contributed by atoms with van der Waals surface area (Å²) in [6.07, 6.45) is 1.75. The molecule has 0 bridgehead atoms. The second-order valence-electron chi connectivity index (χ2n) is 10.2. The minimum absolute atomic E-state index is 0.129. The largest absolute Gasteiger partial charge is 0.369 e. The lowest BCUT2D eigenvalue weighted by atomic mass is 9.72. The number of imide groups is 1. The van der Waals surface area contributed by atoms with Crippen LogP contribution in [0, 0.1) is 12.3 Å². The van der Waals surface area contributed by atoms with E-state index in [1.54, 1.807) is 4.90 Å². The zero-order valence-electron chi connectivity index (χ0n) is 24.5. The van der Waals surface area contributed by atoms with Gasteiger partial charge in [-0.2, -0.15) is 0 Å². The zero-order chi connectivity index (χ0) is 29.2. The normalized spacial score (nSPS) is 17.1. The maximum absolute atomic E-state index is 13.4. The van der Waals surface area contributed by atoms with Crippen molar-refractivity contribution in [1.29, 1.82) is 0 Å². The summed E-state index contributed by atoms with van der Waals surface area (Å²) >= 11 is 0. The van der Waals surface area contributed by atoms with Crippen molar-refractivity contribution in [1.82, 2.24) is 20.0 Å². The van der Waals surface area contributed by atoms with E-state index < -0.39 is 23.6 Å². The van der Waals surface area contributed by atoms with Gasteiger partial charge in [-0.1, -0.05) is 63.9 Å². The third-order valence-corrected chi connectivity index (χ3v) is 7.80. The number of hydrogen-bond donors (Lipinski definition) is 2. The fraction of sp³-hybridized carbons (Fsp3) is 0.655. The highest BCUT2D eigenvalue weighted by atomic mass is 16.5. The molecule has 1 saturated heterocycles. The number of aryl methyl sites for hydroxylation is 1. The molecule has 1 fully saturated rings. The molecule has 39 heavy (non-hydrogen) atoms. The molecule has 2 rings (SSSR count). The second kappa shape index (κ2) is 15.0. The molecule has 1 heterocycles. The molecule has 1 unspecified atom stereocenters. The van der Waals surface area contributed by atoms with Gasteiger partial charge in [0.25, 0.3) is 0 Å². The van der Waals surface area contributed by atoms with Gasteiger partial charge < -0.3 is 20.7 Å². The van der Waals surface area contributed by atoms with Gasteiger partial charge in [-0.05, 0) is 45.2 Å². The van der Waals surface area contributed by atoms with Crippen molar-refractivity contribution < 1.29 is 23.9 Å². The Balaban J connectivity index is 2.12. The Morgan fingerprint density at radius 2 is 1.69 bits per heavy atom. The van der Waals surface area contributed by atoms with E-state index >= 15 is 0 Å². The van der Waals surface area contributed by atoms with Gasteiger partial charge in [-0.15, -0.1) is 0 Å². The number of benzene rings is 1. The molecule has 5 amide bonds. The van der Waals surface area contributed by atoms with Crippen molar-refractivity contribution in [3.05, 3.63) is 35.4 Å². The lowest BCUT2D eigenvalue weighted by Crippen LogP contribution is -2.72. The highest BCUT2D eigenvalue weighted by Gasteiger charge is 2.62. The second-order valence-corrected chi connectivity index (χ2v) is 10.2. The number of hydrogen-bond acceptors (Lipinski definition) is 6. The monoisotopic (exact) mass is 545 g/mol. The number of nitrogens with one attached hydrogen (secondary N) is 1. The average molecular weight is 546 g/mol. The number of likely N-dealkylation sites (tertiary alicyclic amines) is 1. The summed E-state index contributed by atoms with van der Waals surface area (Å²) in [6, 6.07) is 7.24. The standard InChI is InChI=1S/C29H47N5O5/c1-7-12-23(22-15-13-21(6)14-16-22)31-28(38)34-26(37)29(8-2,9-3)27(34)39-20-25(36)33(11-5)18-17-32(10-4)19-24(30)35/h13-16,23,27H,7-12,17-20H2,1-6H3,(H2,30,35)(H,31,38)/t23-,27?/m1/s1. The van der Waals surface area contributed by atoms with Crippen LogP contribution in [-0.2, 0) is 19.1 Å². The number of amides is 5. The summed E-state index contributed by atoms with van der Waals surface area (Å²) in [5.74, 6) is -0.933. The average Bonchev–Trinajstić information content (AvgIpc) is 2.91. The predicted octanol–water partition coefficient (Wildman–Crippen LogP) is 3.19. The molecule has 1 aliphatic heterocycles. The molecule has 10 nitrogen and oxygen atoms in total. The predicted molar refractivity (Wildman–Crippen MR) is 151 cm³/mol.